The predicted molar refractivity (Wildman–Crippen MR) is 78.9 cm³/mol. The van der Waals surface area contributed by atoms with Crippen LogP contribution in [0.2, 0.25) is 5.02 Å². The number of hydrogen-bond donors (Lipinski definition) is 1. The van der Waals surface area contributed by atoms with Crippen LogP contribution in [0.4, 0.5) is 5.69 Å². The highest BCUT2D eigenvalue weighted by Crippen LogP contribution is 2.23. The van der Waals surface area contributed by atoms with Crippen LogP contribution in [0.5, 0.6) is 0 Å². The molecule has 4 nitrogen and oxygen atoms in total. The average molecular weight is 382 g/mol. The molecule has 0 bridgehead atoms. The van der Waals surface area contributed by atoms with Gasteiger partial charge >= 0.3 is 5.97 Å². The number of esters is 1. The van der Waals surface area contributed by atoms with Crippen molar-refractivity contribution in [3.8, 4) is 0 Å². The van der Waals surface area contributed by atoms with Crippen molar-refractivity contribution in [2.45, 2.75) is 19.4 Å². The normalized spacial score (nSPS) is 11.7. The van der Waals surface area contributed by atoms with Crippen LogP contribution in [0.1, 0.15) is 13.3 Å². The Hall–Kier alpha value is -0.820. The lowest BCUT2D eigenvalue weighted by atomic mass is 10.2. The molecule has 1 rings (SSSR count). The van der Waals surface area contributed by atoms with Crippen molar-refractivity contribution in [2.24, 2.45) is 0 Å². The minimum absolute atomic E-state index is 0.0570. The van der Waals surface area contributed by atoms with E-state index in [2.05, 4.69) is 27.9 Å². The lowest BCUT2D eigenvalue weighted by molar-refractivity contribution is -0.144. The van der Waals surface area contributed by atoms with E-state index in [0.29, 0.717) is 17.0 Å². The fourth-order valence-electron chi connectivity index (χ4n) is 1.35. The number of benzene rings is 1. The molecule has 0 heterocycles. The topological polar surface area (TPSA) is 55.4 Å². The molecule has 1 atom stereocenters. The molecular formula is C12H13ClINO3. The van der Waals surface area contributed by atoms with E-state index in [0.717, 1.165) is 3.57 Å². The molecule has 98 valence electrons. The first kappa shape index (κ1) is 15.2. The number of aldehydes is 1. The Kier molecular flexibility index (Phi) is 6.42. The largest absolute Gasteiger partial charge is 0.464 e. The smallest absolute Gasteiger partial charge is 0.328 e. The maximum atomic E-state index is 11.7. The summed E-state index contributed by atoms with van der Waals surface area (Å²) in [4.78, 5) is 22.2. The first-order valence-electron chi connectivity index (χ1n) is 5.40. The fourth-order valence-corrected chi connectivity index (χ4v) is 2.01. The van der Waals surface area contributed by atoms with E-state index >= 15 is 0 Å². The van der Waals surface area contributed by atoms with E-state index in [9.17, 15) is 9.59 Å². The van der Waals surface area contributed by atoms with Gasteiger partial charge in [-0.05, 0) is 47.7 Å². The summed E-state index contributed by atoms with van der Waals surface area (Å²) in [5.74, 6) is -0.444. The van der Waals surface area contributed by atoms with Crippen LogP contribution < -0.4 is 5.32 Å². The van der Waals surface area contributed by atoms with Crippen molar-refractivity contribution in [3.63, 3.8) is 0 Å². The quantitative estimate of drug-likeness (QED) is 0.468. The van der Waals surface area contributed by atoms with Crippen molar-refractivity contribution >= 4 is 52.1 Å². The first-order valence-corrected chi connectivity index (χ1v) is 6.86. The highest BCUT2D eigenvalue weighted by molar-refractivity contribution is 14.1. The van der Waals surface area contributed by atoms with Crippen LogP contribution in [-0.4, -0.2) is 24.9 Å². The van der Waals surface area contributed by atoms with Crippen LogP contribution in [0.25, 0.3) is 0 Å². The van der Waals surface area contributed by atoms with Gasteiger partial charge < -0.3 is 14.8 Å². The molecule has 0 radical (unpaired) electrons. The number of hydrogen-bond acceptors (Lipinski definition) is 4. The Morgan fingerprint density at radius 1 is 1.61 bits per heavy atom. The van der Waals surface area contributed by atoms with Gasteiger partial charge in [-0.25, -0.2) is 4.79 Å². The molecule has 0 spiro atoms. The second kappa shape index (κ2) is 7.58. The first-order chi connectivity index (χ1) is 8.58. The standard InChI is InChI=1S/C12H13ClINO3/c1-2-18-12(17)10(5-6-16)15-11-7-8(13)3-4-9(11)14/h3-4,6-7,10,15H,2,5H2,1H3. The van der Waals surface area contributed by atoms with Crippen LogP contribution in [-0.2, 0) is 14.3 Å². The molecule has 0 aliphatic heterocycles. The van der Waals surface area contributed by atoms with Crippen LogP contribution in [0, 0.1) is 3.57 Å². The highest BCUT2D eigenvalue weighted by Gasteiger charge is 2.20. The molecular weight excluding hydrogens is 368 g/mol. The van der Waals surface area contributed by atoms with Gasteiger partial charge in [0, 0.05) is 20.7 Å². The zero-order chi connectivity index (χ0) is 13.5. The van der Waals surface area contributed by atoms with Gasteiger partial charge in [-0.1, -0.05) is 11.6 Å². The summed E-state index contributed by atoms with van der Waals surface area (Å²) < 4.78 is 5.82. The Morgan fingerprint density at radius 3 is 2.94 bits per heavy atom. The zero-order valence-corrected chi connectivity index (χ0v) is 12.7. The molecule has 1 N–H and O–H groups in total. The van der Waals surface area contributed by atoms with Crippen molar-refractivity contribution in [2.75, 3.05) is 11.9 Å². The number of rotatable bonds is 6. The van der Waals surface area contributed by atoms with E-state index < -0.39 is 12.0 Å². The van der Waals surface area contributed by atoms with Gasteiger partial charge in [-0.15, -0.1) is 0 Å². The molecule has 0 aliphatic carbocycles. The van der Waals surface area contributed by atoms with Crippen molar-refractivity contribution < 1.29 is 14.3 Å². The van der Waals surface area contributed by atoms with Crippen molar-refractivity contribution in [1.29, 1.82) is 0 Å². The molecule has 0 saturated carbocycles. The fraction of sp³-hybridized carbons (Fsp3) is 0.333. The lowest BCUT2D eigenvalue weighted by Crippen LogP contribution is -2.32. The minimum Gasteiger partial charge on any atom is -0.464 e. The molecule has 0 fully saturated rings. The zero-order valence-electron chi connectivity index (χ0n) is 9.78. The van der Waals surface area contributed by atoms with Gasteiger partial charge in [-0.3, -0.25) is 0 Å². The summed E-state index contributed by atoms with van der Waals surface area (Å²) in [5, 5.41) is 3.54. The number of nitrogens with one attached hydrogen (secondary N) is 1. The number of anilines is 1. The Bertz CT molecular complexity index is 439. The highest BCUT2D eigenvalue weighted by atomic mass is 127. The molecule has 0 aromatic heterocycles. The van der Waals surface area contributed by atoms with E-state index in [-0.39, 0.29) is 13.0 Å². The molecule has 0 saturated heterocycles. The number of carbonyl (C=O) groups is 2. The van der Waals surface area contributed by atoms with Crippen LogP contribution >= 0.6 is 34.2 Å². The Balaban J connectivity index is 2.85. The summed E-state index contributed by atoms with van der Waals surface area (Å²) in [6, 6.07) is 4.61. The van der Waals surface area contributed by atoms with Gasteiger partial charge in [0.2, 0.25) is 0 Å². The monoisotopic (exact) mass is 381 g/mol. The molecule has 1 aromatic carbocycles. The Morgan fingerprint density at radius 2 is 2.33 bits per heavy atom. The van der Waals surface area contributed by atoms with Gasteiger partial charge in [0.05, 0.1) is 6.61 Å². The SMILES string of the molecule is CCOC(=O)C(CC=O)Nc1cc(Cl)ccc1I. The van der Waals surface area contributed by atoms with Crippen molar-refractivity contribution in [1.82, 2.24) is 0 Å². The molecule has 6 heteroatoms. The van der Waals surface area contributed by atoms with E-state index in [1.54, 1.807) is 19.1 Å². The van der Waals surface area contributed by atoms with Gasteiger partial charge in [0.15, 0.2) is 0 Å². The molecule has 1 aromatic rings. The third-order valence-electron chi connectivity index (χ3n) is 2.16. The second-order valence-electron chi connectivity index (χ2n) is 3.48. The molecule has 0 aliphatic rings. The lowest BCUT2D eigenvalue weighted by Gasteiger charge is -2.17. The second-order valence-corrected chi connectivity index (χ2v) is 5.07. The van der Waals surface area contributed by atoms with E-state index in [4.69, 9.17) is 16.3 Å². The summed E-state index contributed by atoms with van der Waals surface area (Å²) in [6.45, 7) is 2.00. The van der Waals surface area contributed by atoms with E-state index in [1.165, 1.54) is 0 Å². The maximum Gasteiger partial charge on any atom is 0.328 e. The van der Waals surface area contributed by atoms with E-state index in [1.807, 2.05) is 6.07 Å². The summed E-state index contributed by atoms with van der Waals surface area (Å²) in [7, 11) is 0. The number of ether oxygens (including phenoxy) is 1. The maximum absolute atomic E-state index is 11.7. The van der Waals surface area contributed by atoms with Crippen LogP contribution in [0.3, 0.4) is 0 Å². The van der Waals surface area contributed by atoms with Gasteiger partial charge in [-0.2, -0.15) is 0 Å². The summed E-state index contributed by atoms with van der Waals surface area (Å²) in [5.41, 5.74) is 0.711. The molecule has 1 unspecified atom stereocenters. The van der Waals surface area contributed by atoms with Gasteiger partial charge in [0.1, 0.15) is 12.3 Å². The van der Waals surface area contributed by atoms with Crippen molar-refractivity contribution in [3.05, 3.63) is 26.8 Å². The Labute approximate surface area is 124 Å². The average Bonchev–Trinajstić information content (AvgIpc) is 2.33. The van der Waals surface area contributed by atoms with Crippen LogP contribution in [0.15, 0.2) is 18.2 Å². The molecule has 0 amide bonds. The third kappa shape index (κ3) is 4.45. The molecule has 18 heavy (non-hydrogen) atoms. The van der Waals surface area contributed by atoms with Gasteiger partial charge in [0.25, 0.3) is 0 Å². The predicted octanol–water partition coefficient (Wildman–Crippen LogP) is 2.88. The summed E-state index contributed by atoms with van der Waals surface area (Å²) in [6.07, 6.45) is 0.743. The summed E-state index contributed by atoms with van der Waals surface area (Å²) >= 11 is 8.01. The number of carbonyl (C=O) groups excluding carboxylic acids is 2. The minimum atomic E-state index is -0.686. The number of halogens is 2. The third-order valence-corrected chi connectivity index (χ3v) is 3.34.